The molecule has 17 heavy (non-hydrogen) atoms. The Labute approximate surface area is 109 Å². The summed E-state index contributed by atoms with van der Waals surface area (Å²) in [7, 11) is 0. The van der Waals surface area contributed by atoms with Gasteiger partial charge in [-0.3, -0.25) is 0 Å². The van der Waals surface area contributed by atoms with Crippen molar-refractivity contribution in [1.82, 2.24) is 0 Å². The number of ether oxygens (including phenoxy) is 1. The smallest absolute Gasteiger partial charge is 0.133 e. The Kier molecular flexibility index (Phi) is 8.52. The maximum atomic E-state index is 10.7. The Morgan fingerprint density at radius 1 is 1.29 bits per heavy atom. The lowest BCUT2D eigenvalue weighted by Crippen LogP contribution is -2.27. The van der Waals surface area contributed by atoms with Crippen LogP contribution >= 0.6 is 11.8 Å². The van der Waals surface area contributed by atoms with Crippen LogP contribution in [0.15, 0.2) is 0 Å². The minimum atomic E-state index is -0.201. The fourth-order valence-electron chi connectivity index (χ4n) is 1.18. The van der Waals surface area contributed by atoms with Crippen LogP contribution in [0.5, 0.6) is 0 Å². The minimum Gasteiger partial charge on any atom is -0.375 e. The average Bonchev–Trinajstić information content (AvgIpc) is 2.25. The van der Waals surface area contributed by atoms with E-state index >= 15 is 0 Å². The highest BCUT2D eigenvalue weighted by atomic mass is 32.2. The molecule has 0 amide bonds. The first-order chi connectivity index (χ1) is 7.91. The summed E-state index contributed by atoms with van der Waals surface area (Å²) in [6, 6.07) is 0. The Morgan fingerprint density at radius 2 is 1.94 bits per heavy atom. The fraction of sp³-hybridized carbons (Fsp3) is 0.846. The monoisotopic (exact) mass is 260 g/mol. The molecule has 0 aromatic heterocycles. The molecule has 0 aliphatic rings. The first kappa shape index (κ1) is 16.6. The lowest BCUT2D eigenvalue weighted by atomic mass is 10.1. The van der Waals surface area contributed by atoms with Gasteiger partial charge in [-0.25, -0.2) is 0 Å². The average molecular weight is 260 g/mol. The van der Waals surface area contributed by atoms with Gasteiger partial charge >= 0.3 is 0 Å². The van der Waals surface area contributed by atoms with Crippen molar-refractivity contribution >= 4 is 24.3 Å². The fourth-order valence-corrected chi connectivity index (χ4v) is 2.38. The molecule has 100 valence electrons. The molecule has 1 atom stereocenters. The van der Waals surface area contributed by atoms with E-state index in [0.717, 1.165) is 31.4 Å². The Balaban J connectivity index is 3.84. The SMILES string of the molecule is CC(C)COC(C)(C)CCSC(C=O)CC=O. The van der Waals surface area contributed by atoms with Gasteiger partial charge in [0, 0.05) is 13.0 Å². The van der Waals surface area contributed by atoms with Crippen LogP contribution in [0.2, 0.25) is 0 Å². The molecule has 0 saturated carbocycles. The normalized spacial score (nSPS) is 13.7. The number of carbonyl (C=O) groups excluding carboxylic acids is 2. The predicted octanol–water partition coefficient (Wildman–Crippen LogP) is 2.72. The molecule has 0 spiro atoms. The second-order valence-electron chi connectivity index (χ2n) is 5.16. The van der Waals surface area contributed by atoms with E-state index in [1.165, 1.54) is 11.8 Å². The van der Waals surface area contributed by atoms with Crippen molar-refractivity contribution in [2.75, 3.05) is 12.4 Å². The highest BCUT2D eigenvalue weighted by Gasteiger charge is 2.19. The molecule has 0 aromatic rings. The molecule has 1 unspecified atom stereocenters. The molecule has 0 aromatic carbocycles. The summed E-state index contributed by atoms with van der Waals surface area (Å²) in [5.74, 6) is 1.36. The molecule has 4 heteroatoms. The third-order valence-corrected chi connectivity index (χ3v) is 3.50. The number of thioether (sulfide) groups is 1. The number of aldehydes is 2. The lowest BCUT2D eigenvalue weighted by molar-refractivity contribution is -0.111. The minimum absolute atomic E-state index is 0.161. The zero-order valence-corrected chi connectivity index (χ0v) is 12.1. The van der Waals surface area contributed by atoms with Crippen molar-refractivity contribution in [2.45, 2.75) is 51.4 Å². The van der Waals surface area contributed by atoms with Crippen molar-refractivity contribution in [1.29, 1.82) is 0 Å². The van der Waals surface area contributed by atoms with Gasteiger partial charge in [0.2, 0.25) is 0 Å². The van der Waals surface area contributed by atoms with Gasteiger partial charge in [-0.05, 0) is 31.9 Å². The maximum absolute atomic E-state index is 10.7. The molecule has 0 bridgehead atoms. The van der Waals surface area contributed by atoms with Gasteiger partial charge in [0.25, 0.3) is 0 Å². The highest BCUT2D eigenvalue weighted by molar-refractivity contribution is 8.00. The molecule has 0 radical (unpaired) electrons. The molecular formula is C13H24O3S. The zero-order valence-electron chi connectivity index (χ0n) is 11.3. The number of rotatable bonds is 10. The van der Waals surface area contributed by atoms with Crippen LogP contribution in [-0.2, 0) is 14.3 Å². The molecule has 0 N–H and O–H groups in total. The van der Waals surface area contributed by atoms with Gasteiger partial charge in [0.1, 0.15) is 12.6 Å². The van der Waals surface area contributed by atoms with Gasteiger partial charge < -0.3 is 14.3 Å². The van der Waals surface area contributed by atoms with Crippen molar-refractivity contribution in [2.24, 2.45) is 5.92 Å². The van der Waals surface area contributed by atoms with E-state index in [4.69, 9.17) is 4.74 Å². The summed E-state index contributed by atoms with van der Waals surface area (Å²) < 4.78 is 5.80. The summed E-state index contributed by atoms with van der Waals surface area (Å²) in [5.41, 5.74) is -0.161. The van der Waals surface area contributed by atoms with E-state index in [-0.39, 0.29) is 10.9 Å². The molecule has 0 fully saturated rings. The maximum Gasteiger partial charge on any atom is 0.133 e. The second kappa shape index (κ2) is 8.70. The Morgan fingerprint density at radius 3 is 2.41 bits per heavy atom. The first-order valence-electron chi connectivity index (χ1n) is 6.05. The van der Waals surface area contributed by atoms with Crippen molar-refractivity contribution in [3.8, 4) is 0 Å². The quantitative estimate of drug-likeness (QED) is 0.566. The van der Waals surface area contributed by atoms with E-state index in [0.29, 0.717) is 12.3 Å². The van der Waals surface area contributed by atoms with Crippen LogP contribution in [0.25, 0.3) is 0 Å². The Bertz CT molecular complexity index is 227. The largest absolute Gasteiger partial charge is 0.375 e. The van der Waals surface area contributed by atoms with Gasteiger partial charge in [-0.1, -0.05) is 13.8 Å². The summed E-state index contributed by atoms with van der Waals surface area (Å²) in [6.45, 7) is 9.12. The van der Waals surface area contributed by atoms with Gasteiger partial charge in [0.15, 0.2) is 0 Å². The van der Waals surface area contributed by atoms with Crippen LogP contribution in [0.4, 0.5) is 0 Å². The summed E-state index contributed by atoms with van der Waals surface area (Å²) in [6.07, 6.45) is 2.84. The van der Waals surface area contributed by atoms with E-state index < -0.39 is 0 Å². The topological polar surface area (TPSA) is 43.4 Å². The molecule has 3 nitrogen and oxygen atoms in total. The number of hydrogen-bond acceptors (Lipinski definition) is 4. The van der Waals surface area contributed by atoms with Crippen molar-refractivity contribution in [3.05, 3.63) is 0 Å². The summed E-state index contributed by atoms with van der Waals surface area (Å²) in [4.78, 5) is 21.0. The zero-order chi connectivity index (χ0) is 13.3. The summed E-state index contributed by atoms with van der Waals surface area (Å²) in [5, 5.41) is -0.201. The van der Waals surface area contributed by atoms with E-state index in [1.807, 2.05) is 0 Å². The van der Waals surface area contributed by atoms with Gasteiger partial charge in [0.05, 0.1) is 10.9 Å². The van der Waals surface area contributed by atoms with Crippen LogP contribution < -0.4 is 0 Å². The van der Waals surface area contributed by atoms with Crippen LogP contribution in [0.1, 0.15) is 40.5 Å². The Hall–Kier alpha value is -0.350. The van der Waals surface area contributed by atoms with Crippen LogP contribution in [0.3, 0.4) is 0 Å². The third kappa shape index (κ3) is 9.36. The van der Waals surface area contributed by atoms with E-state index in [2.05, 4.69) is 27.7 Å². The highest BCUT2D eigenvalue weighted by Crippen LogP contribution is 2.21. The second-order valence-corrected chi connectivity index (χ2v) is 6.51. The van der Waals surface area contributed by atoms with Gasteiger partial charge in [-0.2, -0.15) is 11.8 Å². The lowest BCUT2D eigenvalue weighted by Gasteiger charge is -2.26. The summed E-state index contributed by atoms with van der Waals surface area (Å²) >= 11 is 1.53. The molecule has 0 heterocycles. The molecule has 0 aliphatic heterocycles. The molecule has 0 aliphatic carbocycles. The predicted molar refractivity (Wildman–Crippen MR) is 72.5 cm³/mol. The molecule has 0 saturated heterocycles. The third-order valence-electron chi connectivity index (χ3n) is 2.32. The van der Waals surface area contributed by atoms with Crippen LogP contribution in [-0.4, -0.2) is 35.8 Å². The molecule has 0 rings (SSSR count). The number of hydrogen-bond donors (Lipinski definition) is 0. The van der Waals surface area contributed by atoms with Crippen molar-refractivity contribution < 1.29 is 14.3 Å². The standard InChI is InChI=1S/C13H24O3S/c1-11(2)10-16-13(3,4)6-8-17-12(9-15)5-7-14/h7,9,11-12H,5-6,8,10H2,1-4H3. The van der Waals surface area contributed by atoms with E-state index in [9.17, 15) is 9.59 Å². The first-order valence-corrected chi connectivity index (χ1v) is 7.10. The van der Waals surface area contributed by atoms with Gasteiger partial charge in [-0.15, -0.1) is 0 Å². The van der Waals surface area contributed by atoms with Crippen molar-refractivity contribution in [3.63, 3.8) is 0 Å². The molecular weight excluding hydrogens is 236 g/mol. The van der Waals surface area contributed by atoms with E-state index in [1.54, 1.807) is 0 Å². The van der Waals surface area contributed by atoms with Crippen LogP contribution in [0, 0.1) is 5.92 Å². The number of carbonyl (C=O) groups is 2.